The van der Waals surface area contributed by atoms with Crippen LogP contribution < -0.4 is 0 Å². The van der Waals surface area contributed by atoms with Gasteiger partial charge in [-0.2, -0.15) is 8.78 Å². The van der Waals surface area contributed by atoms with Crippen molar-refractivity contribution in [2.45, 2.75) is 61.4 Å². The first kappa shape index (κ1) is 17.8. The van der Waals surface area contributed by atoms with Gasteiger partial charge in [0, 0.05) is 17.9 Å². The van der Waals surface area contributed by atoms with Gasteiger partial charge in [0.1, 0.15) is 9.68 Å². The second-order valence-electron chi connectivity index (χ2n) is 7.92. The van der Waals surface area contributed by atoms with E-state index in [1.54, 1.807) is 23.5 Å². The number of hydrogen-bond acceptors (Lipinski definition) is 5. The van der Waals surface area contributed by atoms with Crippen LogP contribution in [0.5, 0.6) is 0 Å². The maximum absolute atomic E-state index is 13.4. The highest BCUT2D eigenvalue weighted by Gasteiger charge is 2.73. The highest BCUT2D eigenvalue weighted by molar-refractivity contribution is 8.21. The van der Waals surface area contributed by atoms with E-state index in [-0.39, 0.29) is 17.3 Å². The summed E-state index contributed by atoms with van der Waals surface area (Å²) in [6, 6.07) is 0. The van der Waals surface area contributed by atoms with Gasteiger partial charge < -0.3 is 9.84 Å². The van der Waals surface area contributed by atoms with Crippen LogP contribution in [0, 0.1) is 17.3 Å². The van der Waals surface area contributed by atoms with Crippen molar-refractivity contribution in [2.75, 3.05) is 12.4 Å². The third-order valence-electron chi connectivity index (χ3n) is 6.01. The highest BCUT2D eigenvalue weighted by Crippen LogP contribution is 2.75. The minimum Gasteiger partial charge on any atom is -0.453 e. The van der Waals surface area contributed by atoms with Gasteiger partial charge in [0.2, 0.25) is 0 Å². The Morgan fingerprint density at radius 2 is 2.04 bits per heavy atom. The van der Waals surface area contributed by atoms with E-state index < -0.39 is 21.6 Å². The van der Waals surface area contributed by atoms with Crippen LogP contribution in [0.25, 0.3) is 0 Å². The predicted molar refractivity (Wildman–Crippen MR) is 88.8 cm³/mol. The van der Waals surface area contributed by atoms with Crippen molar-refractivity contribution < 1.29 is 23.4 Å². The number of carbonyl (C=O) groups is 1. The van der Waals surface area contributed by atoms with Crippen LogP contribution in [0.3, 0.4) is 0 Å². The van der Waals surface area contributed by atoms with Crippen molar-refractivity contribution in [3.05, 3.63) is 0 Å². The summed E-state index contributed by atoms with van der Waals surface area (Å²) in [6.07, 6.45) is 1.65. The van der Waals surface area contributed by atoms with Gasteiger partial charge in [-0.1, -0.05) is 13.8 Å². The fourth-order valence-corrected chi connectivity index (χ4v) is 8.92. The zero-order valence-corrected chi connectivity index (χ0v) is 15.5. The van der Waals surface area contributed by atoms with Gasteiger partial charge in [0.25, 0.3) is 0 Å². The van der Waals surface area contributed by atoms with E-state index >= 15 is 0 Å². The van der Waals surface area contributed by atoms with Crippen molar-refractivity contribution in [3.8, 4) is 0 Å². The summed E-state index contributed by atoms with van der Waals surface area (Å²) < 4.78 is 31.8. The van der Waals surface area contributed by atoms with Crippen LogP contribution in [0.4, 0.5) is 8.78 Å². The Morgan fingerprint density at radius 1 is 1.39 bits per heavy atom. The van der Waals surface area contributed by atoms with Gasteiger partial charge in [0.15, 0.2) is 0 Å². The van der Waals surface area contributed by atoms with Crippen LogP contribution in [-0.2, 0) is 9.53 Å². The zero-order valence-electron chi connectivity index (χ0n) is 13.9. The molecule has 4 aliphatic rings. The molecular formula is C16H24F2O3S2. The van der Waals surface area contributed by atoms with Gasteiger partial charge in [0.05, 0.1) is 6.61 Å². The number of rotatable bonds is 3. The van der Waals surface area contributed by atoms with Gasteiger partial charge in [-0.15, -0.1) is 23.5 Å². The number of aliphatic hydroxyl groups is 1. The number of ether oxygens (including phenoxy) is 1. The number of aliphatic hydroxyl groups excluding tert-OH is 1. The first-order valence-corrected chi connectivity index (χ1v) is 9.87. The number of thioether (sulfide) groups is 2. The van der Waals surface area contributed by atoms with Gasteiger partial charge in [-0.3, -0.25) is 0 Å². The number of carbonyl (C=O) groups excluding carboxylic acids is 1. The third kappa shape index (κ3) is 2.44. The molecule has 23 heavy (non-hydrogen) atoms. The first-order valence-electron chi connectivity index (χ1n) is 8.00. The summed E-state index contributed by atoms with van der Waals surface area (Å²) in [5, 5.41) is 9.59. The molecule has 0 aromatic heterocycles. The van der Waals surface area contributed by atoms with E-state index in [2.05, 4.69) is 13.8 Å². The third-order valence-corrected chi connectivity index (χ3v) is 10.3. The molecule has 4 fully saturated rings. The maximum atomic E-state index is 13.4. The molecule has 1 N–H and O–H groups in total. The number of hydrogen-bond donors (Lipinski definition) is 1. The molecule has 1 saturated heterocycles. The predicted octanol–water partition coefficient (Wildman–Crippen LogP) is 3.55. The molecule has 3 saturated carbocycles. The Labute approximate surface area is 144 Å². The molecule has 5 atom stereocenters. The largest absolute Gasteiger partial charge is 0.453 e. The summed E-state index contributed by atoms with van der Waals surface area (Å²) in [7, 11) is 0. The van der Waals surface area contributed by atoms with Crippen molar-refractivity contribution >= 4 is 29.5 Å². The number of alkyl halides is 2. The first-order chi connectivity index (χ1) is 10.5. The smallest absolute Gasteiger partial charge is 0.377 e. The van der Waals surface area contributed by atoms with E-state index in [4.69, 9.17) is 4.74 Å². The molecule has 4 rings (SSSR count). The molecule has 3 nitrogen and oxygen atoms in total. The van der Waals surface area contributed by atoms with Gasteiger partial charge in [-0.05, 0) is 37.0 Å². The molecule has 0 aromatic rings. The normalized spacial score (nSPS) is 44.9. The lowest BCUT2D eigenvalue weighted by molar-refractivity contribution is -0.213. The Balaban J connectivity index is 1.94. The molecule has 7 heteroatoms. The van der Waals surface area contributed by atoms with E-state index in [0.29, 0.717) is 25.2 Å². The van der Waals surface area contributed by atoms with E-state index in [9.17, 15) is 18.7 Å². The SMILES string of the molecule is CC(F)(F)C(=O)OC1(C)CC2CC(C2(C)C)C12SCC(CO)S2. The van der Waals surface area contributed by atoms with Crippen LogP contribution >= 0.6 is 23.5 Å². The lowest BCUT2D eigenvalue weighted by Crippen LogP contribution is -2.70. The number of esters is 1. The molecule has 1 aliphatic heterocycles. The molecule has 3 aliphatic carbocycles. The summed E-state index contributed by atoms with van der Waals surface area (Å²) in [5.41, 5.74) is -0.809. The van der Waals surface area contributed by atoms with E-state index in [1.807, 2.05) is 6.92 Å². The summed E-state index contributed by atoms with van der Waals surface area (Å²) in [4.78, 5) is 11.9. The van der Waals surface area contributed by atoms with Crippen molar-refractivity contribution in [1.82, 2.24) is 0 Å². The number of fused-ring (bicyclic) bond motifs is 1. The summed E-state index contributed by atoms with van der Waals surface area (Å²) in [6.45, 7) is 6.90. The van der Waals surface area contributed by atoms with Crippen LogP contribution in [0.2, 0.25) is 0 Å². The van der Waals surface area contributed by atoms with E-state index in [1.165, 1.54) is 0 Å². The molecule has 0 amide bonds. The molecule has 1 heterocycles. The highest BCUT2D eigenvalue weighted by atomic mass is 32.2. The van der Waals surface area contributed by atoms with E-state index in [0.717, 1.165) is 12.2 Å². The van der Waals surface area contributed by atoms with Crippen molar-refractivity contribution in [1.29, 1.82) is 0 Å². The van der Waals surface area contributed by atoms with Crippen LogP contribution in [0.1, 0.15) is 40.5 Å². The quantitative estimate of drug-likeness (QED) is 0.774. The Kier molecular flexibility index (Phi) is 4.06. The Morgan fingerprint density at radius 3 is 2.52 bits per heavy atom. The van der Waals surface area contributed by atoms with Crippen molar-refractivity contribution in [3.63, 3.8) is 0 Å². The molecule has 0 radical (unpaired) electrons. The Bertz CT molecular complexity index is 522. The summed E-state index contributed by atoms with van der Waals surface area (Å²) in [5.74, 6) is -3.48. The standard InChI is InChI=1S/C16H24F2O3S2/c1-13(2)9-5-11(13)16(22-8-10(7-19)23-16)14(3,6-9)21-12(20)15(4,17)18/h9-11,19H,5-8H2,1-4H3. The minimum absolute atomic E-state index is 0.0595. The average Bonchev–Trinajstić information content (AvgIpc) is 2.85. The topological polar surface area (TPSA) is 46.5 Å². The second-order valence-corrected chi connectivity index (χ2v) is 11.0. The molecule has 1 spiro atoms. The molecule has 132 valence electrons. The maximum Gasteiger partial charge on any atom is 0.377 e. The lowest BCUT2D eigenvalue weighted by atomic mass is 9.45. The molecule has 2 bridgehead atoms. The molecule has 0 aromatic carbocycles. The van der Waals surface area contributed by atoms with Gasteiger partial charge in [-0.25, -0.2) is 4.79 Å². The lowest BCUT2D eigenvalue weighted by Gasteiger charge is -2.69. The Hall–Kier alpha value is -0.0100. The van der Waals surface area contributed by atoms with Gasteiger partial charge >= 0.3 is 11.9 Å². The second kappa shape index (κ2) is 5.24. The number of halogens is 2. The van der Waals surface area contributed by atoms with Crippen LogP contribution in [-0.4, -0.2) is 44.3 Å². The molecular weight excluding hydrogens is 342 g/mol. The summed E-state index contributed by atoms with van der Waals surface area (Å²) >= 11 is 3.32. The van der Waals surface area contributed by atoms with Crippen LogP contribution in [0.15, 0.2) is 0 Å². The zero-order chi connectivity index (χ0) is 17.3. The average molecular weight is 366 g/mol. The molecule has 5 unspecified atom stereocenters. The fourth-order valence-electron chi connectivity index (χ4n) is 4.48. The minimum atomic E-state index is -3.48. The monoisotopic (exact) mass is 366 g/mol. The fraction of sp³-hybridized carbons (Fsp3) is 0.938. The van der Waals surface area contributed by atoms with Crippen molar-refractivity contribution in [2.24, 2.45) is 17.3 Å².